The third-order valence-corrected chi connectivity index (χ3v) is 3.36. The summed E-state index contributed by atoms with van der Waals surface area (Å²) in [5.41, 5.74) is 3.12. The molecule has 0 aliphatic carbocycles. The van der Waals surface area contributed by atoms with Crippen LogP contribution in [0.15, 0.2) is 24.3 Å². The molecule has 0 aliphatic heterocycles. The van der Waals surface area contributed by atoms with Crippen molar-refractivity contribution < 1.29 is 4.74 Å². The van der Waals surface area contributed by atoms with E-state index in [0.717, 1.165) is 34.8 Å². The second-order valence-electron chi connectivity index (χ2n) is 4.28. The van der Waals surface area contributed by atoms with Gasteiger partial charge in [-0.25, -0.2) is 4.98 Å². The quantitative estimate of drug-likeness (QED) is 0.854. The van der Waals surface area contributed by atoms with E-state index in [1.807, 2.05) is 38.1 Å². The van der Waals surface area contributed by atoms with Crippen LogP contribution in [0.5, 0.6) is 5.75 Å². The maximum atomic E-state index is 5.63. The maximum absolute atomic E-state index is 5.63. The van der Waals surface area contributed by atoms with Crippen LogP contribution in [0.2, 0.25) is 0 Å². The molecule has 19 heavy (non-hydrogen) atoms. The Balaban J connectivity index is 2.57. The van der Waals surface area contributed by atoms with Gasteiger partial charge in [0.15, 0.2) is 0 Å². The molecule has 0 radical (unpaired) electrons. The van der Waals surface area contributed by atoms with Gasteiger partial charge in [-0.2, -0.15) is 0 Å². The molecule has 4 heteroatoms. The summed E-state index contributed by atoms with van der Waals surface area (Å²) in [6.07, 6.45) is 0.890. The second kappa shape index (κ2) is 5.97. The van der Waals surface area contributed by atoms with E-state index in [1.165, 1.54) is 0 Å². The Hall–Kier alpha value is -1.68. The van der Waals surface area contributed by atoms with E-state index in [4.69, 9.17) is 17.0 Å². The number of para-hydroxylation sites is 1. The summed E-state index contributed by atoms with van der Waals surface area (Å²) in [7, 11) is 0. The van der Waals surface area contributed by atoms with Crippen molar-refractivity contribution in [3.8, 4) is 17.1 Å². The zero-order valence-electron chi connectivity index (χ0n) is 11.5. The van der Waals surface area contributed by atoms with E-state index < -0.39 is 0 Å². The summed E-state index contributed by atoms with van der Waals surface area (Å²) >= 11 is 5.36. The summed E-state index contributed by atoms with van der Waals surface area (Å²) < 4.78 is 6.30. The Morgan fingerprint density at radius 3 is 2.63 bits per heavy atom. The highest BCUT2D eigenvalue weighted by Gasteiger charge is 2.10. The molecular formula is C15H18N2OS. The summed E-state index contributed by atoms with van der Waals surface area (Å²) in [5, 5.41) is 0. The normalized spacial score (nSPS) is 10.5. The van der Waals surface area contributed by atoms with Crippen molar-refractivity contribution in [1.82, 2.24) is 9.97 Å². The molecule has 100 valence electrons. The van der Waals surface area contributed by atoms with Crippen molar-refractivity contribution in [2.24, 2.45) is 0 Å². The molecule has 1 N–H and O–H groups in total. The molecule has 0 fully saturated rings. The van der Waals surface area contributed by atoms with Crippen molar-refractivity contribution in [3.05, 3.63) is 40.2 Å². The number of benzene rings is 1. The number of rotatable bonds is 4. The molecule has 1 heterocycles. The third kappa shape index (κ3) is 2.84. The maximum Gasteiger partial charge on any atom is 0.142 e. The molecule has 2 aromatic rings. The molecule has 0 aliphatic rings. The van der Waals surface area contributed by atoms with Gasteiger partial charge in [-0.1, -0.05) is 31.3 Å². The fourth-order valence-electron chi connectivity index (χ4n) is 2.10. The molecule has 0 saturated carbocycles. The molecule has 3 nitrogen and oxygen atoms in total. The fraction of sp³-hybridized carbons (Fsp3) is 0.333. The summed E-state index contributed by atoms with van der Waals surface area (Å²) in [6.45, 7) is 6.71. The summed E-state index contributed by atoms with van der Waals surface area (Å²) in [5.74, 6) is 1.59. The second-order valence-corrected chi connectivity index (χ2v) is 4.66. The Morgan fingerprint density at radius 1 is 1.26 bits per heavy atom. The number of hydrogen-bond donors (Lipinski definition) is 1. The van der Waals surface area contributed by atoms with Gasteiger partial charge in [0.2, 0.25) is 0 Å². The van der Waals surface area contributed by atoms with Crippen LogP contribution < -0.4 is 4.74 Å². The Bertz CT molecular complexity index is 634. The number of ether oxygens (including phenoxy) is 1. The van der Waals surface area contributed by atoms with Crippen LogP contribution in [0, 0.1) is 11.6 Å². The van der Waals surface area contributed by atoms with Gasteiger partial charge in [-0.05, 0) is 32.4 Å². The van der Waals surface area contributed by atoms with E-state index in [1.54, 1.807) is 0 Å². The SMILES string of the molecule is CCOc1ccccc1-c1nc(=S)c(CC)c(C)[nH]1. The zero-order valence-corrected chi connectivity index (χ0v) is 12.3. The number of aryl methyl sites for hydroxylation is 1. The standard InChI is InChI=1S/C15H18N2OS/c1-4-11-10(3)16-14(17-15(11)19)12-8-6-7-9-13(12)18-5-2/h6-9H,4-5H2,1-3H3,(H,16,17,19). The van der Waals surface area contributed by atoms with Crippen molar-refractivity contribution in [2.45, 2.75) is 27.2 Å². The van der Waals surface area contributed by atoms with Crippen LogP contribution in [0.4, 0.5) is 0 Å². The summed E-state index contributed by atoms with van der Waals surface area (Å²) in [4.78, 5) is 7.82. The summed E-state index contributed by atoms with van der Waals surface area (Å²) in [6, 6.07) is 7.86. The Morgan fingerprint density at radius 2 is 2.00 bits per heavy atom. The number of nitrogens with zero attached hydrogens (tertiary/aromatic N) is 1. The average Bonchev–Trinajstić information content (AvgIpc) is 2.39. The van der Waals surface area contributed by atoms with Gasteiger partial charge in [0.25, 0.3) is 0 Å². The molecule has 0 bridgehead atoms. The molecule has 0 atom stereocenters. The van der Waals surface area contributed by atoms with Gasteiger partial charge in [0.05, 0.1) is 12.2 Å². The van der Waals surface area contributed by atoms with Crippen LogP contribution >= 0.6 is 12.2 Å². The lowest BCUT2D eigenvalue weighted by molar-refractivity contribution is 0.341. The van der Waals surface area contributed by atoms with Gasteiger partial charge in [-0.3, -0.25) is 0 Å². The van der Waals surface area contributed by atoms with E-state index in [-0.39, 0.29) is 0 Å². The fourth-order valence-corrected chi connectivity index (χ4v) is 2.49. The lowest BCUT2D eigenvalue weighted by atomic mass is 10.1. The molecule has 1 aromatic heterocycles. The van der Waals surface area contributed by atoms with Gasteiger partial charge < -0.3 is 9.72 Å². The van der Waals surface area contributed by atoms with Crippen molar-refractivity contribution >= 4 is 12.2 Å². The van der Waals surface area contributed by atoms with Crippen LogP contribution in [0.25, 0.3) is 11.4 Å². The molecule has 0 amide bonds. The highest BCUT2D eigenvalue weighted by Crippen LogP contribution is 2.27. The Kier molecular flexibility index (Phi) is 4.32. The first-order chi connectivity index (χ1) is 9.17. The minimum absolute atomic E-state index is 0.629. The number of H-pyrrole nitrogens is 1. The van der Waals surface area contributed by atoms with Gasteiger partial charge in [0, 0.05) is 11.3 Å². The number of nitrogens with one attached hydrogen (secondary N) is 1. The molecule has 1 aromatic carbocycles. The van der Waals surface area contributed by atoms with E-state index in [2.05, 4.69) is 16.9 Å². The number of aromatic amines is 1. The third-order valence-electron chi connectivity index (χ3n) is 3.03. The number of hydrogen-bond acceptors (Lipinski definition) is 3. The smallest absolute Gasteiger partial charge is 0.142 e. The Labute approximate surface area is 118 Å². The van der Waals surface area contributed by atoms with Gasteiger partial charge in [-0.15, -0.1) is 0 Å². The highest BCUT2D eigenvalue weighted by atomic mass is 32.1. The first kappa shape index (κ1) is 13.7. The molecular weight excluding hydrogens is 256 g/mol. The first-order valence-corrected chi connectivity index (χ1v) is 6.90. The predicted molar refractivity (Wildman–Crippen MR) is 80.1 cm³/mol. The molecule has 0 spiro atoms. The van der Waals surface area contributed by atoms with Crippen LogP contribution in [0.1, 0.15) is 25.1 Å². The first-order valence-electron chi connectivity index (χ1n) is 6.49. The highest BCUT2D eigenvalue weighted by molar-refractivity contribution is 7.71. The number of aromatic nitrogens is 2. The molecule has 0 saturated heterocycles. The van der Waals surface area contributed by atoms with Crippen molar-refractivity contribution in [2.75, 3.05) is 6.61 Å². The predicted octanol–water partition coefficient (Wildman–Crippen LogP) is 4.08. The van der Waals surface area contributed by atoms with Gasteiger partial charge in [0.1, 0.15) is 16.2 Å². The molecule has 2 rings (SSSR count). The largest absolute Gasteiger partial charge is 0.493 e. The van der Waals surface area contributed by atoms with E-state index in [0.29, 0.717) is 11.2 Å². The monoisotopic (exact) mass is 274 g/mol. The van der Waals surface area contributed by atoms with Crippen molar-refractivity contribution in [3.63, 3.8) is 0 Å². The van der Waals surface area contributed by atoms with E-state index in [9.17, 15) is 0 Å². The van der Waals surface area contributed by atoms with Crippen molar-refractivity contribution in [1.29, 1.82) is 0 Å². The van der Waals surface area contributed by atoms with Crippen LogP contribution in [-0.4, -0.2) is 16.6 Å². The molecule has 0 unspecified atom stereocenters. The van der Waals surface area contributed by atoms with Crippen LogP contribution in [-0.2, 0) is 6.42 Å². The lowest BCUT2D eigenvalue weighted by Crippen LogP contribution is -2.01. The topological polar surface area (TPSA) is 37.9 Å². The van der Waals surface area contributed by atoms with Gasteiger partial charge >= 0.3 is 0 Å². The van der Waals surface area contributed by atoms with E-state index >= 15 is 0 Å². The van der Waals surface area contributed by atoms with Crippen LogP contribution in [0.3, 0.4) is 0 Å². The minimum Gasteiger partial charge on any atom is -0.493 e. The lowest BCUT2D eigenvalue weighted by Gasteiger charge is -2.11. The zero-order chi connectivity index (χ0) is 13.8. The minimum atomic E-state index is 0.629. The average molecular weight is 274 g/mol.